The highest BCUT2D eigenvalue weighted by Gasteiger charge is 2.31. The van der Waals surface area contributed by atoms with Crippen LogP contribution in [0, 0.1) is 0 Å². The Hall–Kier alpha value is -4.08. The number of ether oxygens (including phenoxy) is 1. The fraction of sp³-hybridized carbons (Fsp3) is 0.360. The van der Waals surface area contributed by atoms with E-state index in [-0.39, 0.29) is 17.9 Å². The molecule has 2 aromatic heterocycles. The Kier molecular flexibility index (Phi) is 6.51. The number of urea groups is 1. The minimum Gasteiger partial charge on any atom is -0.466 e. The Morgan fingerprint density at radius 1 is 1.17 bits per heavy atom. The van der Waals surface area contributed by atoms with Gasteiger partial charge in [-0.15, -0.1) is 0 Å². The van der Waals surface area contributed by atoms with E-state index in [1.165, 1.54) is 0 Å². The van der Waals surface area contributed by atoms with E-state index in [4.69, 9.17) is 14.7 Å². The molecule has 4 heterocycles. The first-order valence-electron chi connectivity index (χ1n) is 11.8. The molecule has 10 heteroatoms. The van der Waals surface area contributed by atoms with Crippen LogP contribution in [0.25, 0.3) is 11.4 Å². The summed E-state index contributed by atoms with van der Waals surface area (Å²) in [6, 6.07) is 8.99. The van der Waals surface area contributed by atoms with Crippen molar-refractivity contribution in [2.24, 2.45) is 0 Å². The molecule has 1 fully saturated rings. The normalized spacial score (nSPS) is 17.3. The van der Waals surface area contributed by atoms with E-state index in [0.29, 0.717) is 43.6 Å². The van der Waals surface area contributed by atoms with Gasteiger partial charge < -0.3 is 20.3 Å². The van der Waals surface area contributed by atoms with Crippen molar-refractivity contribution >= 4 is 23.6 Å². The fourth-order valence-corrected chi connectivity index (χ4v) is 4.50. The zero-order valence-corrected chi connectivity index (χ0v) is 19.5. The van der Waals surface area contributed by atoms with Crippen LogP contribution in [0.15, 0.2) is 42.7 Å². The second-order valence-electron chi connectivity index (χ2n) is 8.55. The molecule has 2 N–H and O–H groups in total. The van der Waals surface area contributed by atoms with Crippen LogP contribution in [0.3, 0.4) is 0 Å². The molecule has 1 saturated heterocycles. The zero-order chi connectivity index (χ0) is 24.2. The van der Waals surface area contributed by atoms with E-state index in [2.05, 4.69) is 25.5 Å². The van der Waals surface area contributed by atoms with Crippen LogP contribution >= 0.6 is 0 Å². The molecule has 1 aromatic carbocycles. The Balaban J connectivity index is 1.49. The minimum atomic E-state index is -0.250. The van der Waals surface area contributed by atoms with Crippen molar-refractivity contribution in [1.29, 1.82) is 0 Å². The maximum atomic E-state index is 12.0. The van der Waals surface area contributed by atoms with Crippen molar-refractivity contribution in [2.75, 3.05) is 29.9 Å². The van der Waals surface area contributed by atoms with Crippen LogP contribution in [-0.4, -0.2) is 51.6 Å². The summed E-state index contributed by atoms with van der Waals surface area (Å²) in [6.45, 7) is 4.14. The van der Waals surface area contributed by atoms with E-state index in [1.54, 1.807) is 18.5 Å². The maximum Gasteiger partial charge on any atom is 0.319 e. The van der Waals surface area contributed by atoms with Gasteiger partial charge in [-0.25, -0.2) is 24.7 Å². The molecule has 0 radical (unpaired) electrons. The van der Waals surface area contributed by atoms with Crippen molar-refractivity contribution in [3.05, 3.63) is 59.7 Å². The summed E-state index contributed by atoms with van der Waals surface area (Å²) in [7, 11) is 0. The van der Waals surface area contributed by atoms with Gasteiger partial charge in [0.05, 0.1) is 31.0 Å². The summed E-state index contributed by atoms with van der Waals surface area (Å²) in [5, 5.41) is 5.51. The van der Waals surface area contributed by atoms with Crippen molar-refractivity contribution in [3.8, 4) is 11.4 Å². The second-order valence-corrected chi connectivity index (χ2v) is 8.55. The standard InChI is InChI=1S/C25H27N7O3/c1-2-26-25(34)29-18-6-4-16(5-7-18)23-30-20-15-32(24-27-10-3-11-28-24)12-8-19(20)22(31-23)17-9-13-35-21(33)14-17/h3-7,10-11,17H,2,8-9,12-15H2,1H3,(H2,26,29,34). The van der Waals surface area contributed by atoms with Gasteiger partial charge in [-0.2, -0.15) is 0 Å². The zero-order valence-electron chi connectivity index (χ0n) is 19.5. The monoisotopic (exact) mass is 473 g/mol. The second kappa shape index (κ2) is 10.0. The van der Waals surface area contributed by atoms with Crippen LogP contribution in [0.5, 0.6) is 0 Å². The number of nitrogens with one attached hydrogen (secondary N) is 2. The average Bonchev–Trinajstić information content (AvgIpc) is 2.89. The largest absolute Gasteiger partial charge is 0.466 e. The smallest absolute Gasteiger partial charge is 0.319 e. The Labute approximate surface area is 203 Å². The van der Waals surface area contributed by atoms with Crippen LogP contribution in [0.1, 0.15) is 42.6 Å². The summed E-state index contributed by atoms with van der Waals surface area (Å²) in [5.41, 5.74) is 4.48. The van der Waals surface area contributed by atoms with Crippen molar-refractivity contribution in [2.45, 2.75) is 38.6 Å². The topological polar surface area (TPSA) is 122 Å². The third-order valence-corrected chi connectivity index (χ3v) is 6.20. The third-order valence-electron chi connectivity index (χ3n) is 6.20. The number of hydrogen-bond donors (Lipinski definition) is 2. The van der Waals surface area contributed by atoms with Gasteiger partial charge in [0.25, 0.3) is 0 Å². The molecule has 0 spiro atoms. The van der Waals surface area contributed by atoms with E-state index >= 15 is 0 Å². The number of benzene rings is 1. The van der Waals surface area contributed by atoms with Gasteiger partial charge in [0, 0.05) is 42.7 Å². The first-order chi connectivity index (χ1) is 17.1. The molecule has 0 aliphatic carbocycles. The molecule has 2 aliphatic heterocycles. The van der Waals surface area contributed by atoms with Crippen LogP contribution in [0.4, 0.5) is 16.4 Å². The van der Waals surface area contributed by atoms with Gasteiger partial charge in [-0.3, -0.25) is 4.79 Å². The highest BCUT2D eigenvalue weighted by molar-refractivity contribution is 5.89. The number of anilines is 2. The van der Waals surface area contributed by atoms with Gasteiger partial charge >= 0.3 is 12.0 Å². The molecule has 2 aliphatic rings. The number of rotatable bonds is 5. The lowest BCUT2D eigenvalue weighted by molar-refractivity contribution is -0.147. The van der Waals surface area contributed by atoms with Crippen LogP contribution < -0.4 is 15.5 Å². The summed E-state index contributed by atoms with van der Waals surface area (Å²) < 4.78 is 5.18. The molecule has 5 rings (SSSR count). The number of amides is 2. The highest BCUT2D eigenvalue weighted by atomic mass is 16.5. The van der Waals surface area contributed by atoms with Crippen LogP contribution in [0.2, 0.25) is 0 Å². The summed E-state index contributed by atoms with van der Waals surface area (Å²) in [5.74, 6) is 1.08. The van der Waals surface area contributed by atoms with Gasteiger partial charge in [-0.1, -0.05) is 0 Å². The molecular weight excluding hydrogens is 446 g/mol. The molecule has 2 amide bonds. The molecular formula is C25H27N7O3. The summed E-state index contributed by atoms with van der Waals surface area (Å²) in [4.78, 5) is 44.7. The first kappa shape index (κ1) is 22.7. The van der Waals surface area contributed by atoms with Crippen molar-refractivity contribution < 1.29 is 14.3 Å². The number of cyclic esters (lactones) is 1. The molecule has 0 saturated carbocycles. The van der Waals surface area contributed by atoms with E-state index in [9.17, 15) is 9.59 Å². The SMILES string of the molecule is CCNC(=O)Nc1ccc(-c2nc3c(c(C4CCOC(=O)C4)n2)CCN(c2ncccn2)C3)cc1. The lowest BCUT2D eigenvalue weighted by Gasteiger charge is -2.31. The van der Waals surface area contributed by atoms with E-state index in [0.717, 1.165) is 41.9 Å². The number of aromatic nitrogens is 4. The molecule has 3 aromatic rings. The van der Waals surface area contributed by atoms with E-state index < -0.39 is 0 Å². The molecule has 10 nitrogen and oxygen atoms in total. The maximum absolute atomic E-state index is 12.0. The molecule has 180 valence electrons. The number of carbonyl (C=O) groups is 2. The summed E-state index contributed by atoms with van der Waals surface area (Å²) in [6.07, 6.45) is 5.29. The first-order valence-corrected chi connectivity index (χ1v) is 11.8. The number of nitrogens with zero attached hydrogens (tertiary/aromatic N) is 5. The quantitative estimate of drug-likeness (QED) is 0.542. The van der Waals surface area contributed by atoms with Gasteiger partial charge in [-0.05, 0) is 55.7 Å². The molecule has 35 heavy (non-hydrogen) atoms. The lowest BCUT2D eigenvalue weighted by Crippen LogP contribution is -2.34. The lowest BCUT2D eigenvalue weighted by atomic mass is 9.89. The summed E-state index contributed by atoms with van der Waals surface area (Å²) >= 11 is 0. The Morgan fingerprint density at radius 2 is 1.97 bits per heavy atom. The average molecular weight is 474 g/mol. The number of fused-ring (bicyclic) bond motifs is 1. The van der Waals surface area contributed by atoms with Crippen molar-refractivity contribution in [1.82, 2.24) is 25.3 Å². The number of hydrogen-bond acceptors (Lipinski definition) is 8. The van der Waals surface area contributed by atoms with Crippen LogP contribution in [-0.2, 0) is 22.5 Å². The predicted molar refractivity (Wildman–Crippen MR) is 130 cm³/mol. The van der Waals surface area contributed by atoms with Crippen molar-refractivity contribution in [3.63, 3.8) is 0 Å². The Morgan fingerprint density at radius 3 is 2.71 bits per heavy atom. The molecule has 0 bridgehead atoms. The van der Waals surface area contributed by atoms with E-state index in [1.807, 2.05) is 31.2 Å². The number of carbonyl (C=O) groups excluding carboxylic acids is 2. The van der Waals surface area contributed by atoms with Gasteiger partial charge in [0.2, 0.25) is 5.95 Å². The van der Waals surface area contributed by atoms with Gasteiger partial charge in [0.1, 0.15) is 0 Å². The minimum absolute atomic E-state index is 0.00459. The third kappa shape index (κ3) is 5.06. The highest BCUT2D eigenvalue weighted by Crippen LogP contribution is 2.34. The number of esters is 1. The fourth-order valence-electron chi connectivity index (χ4n) is 4.50. The molecule has 1 unspecified atom stereocenters. The predicted octanol–water partition coefficient (Wildman–Crippen LogP) is 3.06. The Bertz CT molecular complexity index is 1220. The molecule has 1 atom stereocenters. The van der Waals surface area contributed by atoms with Gasteiger partial charge in [0.15, 0.2) is 5.82 Å².